The van der Waals surface area contributed by atoms with Gasteiger partial charge in [0, 0.05) is 22.2 Å². The van der Waals surface area contributed by atoms with E-state index in [0.717, 1.165) is 10.5 Å². The topological polar surface area (TPSA) is 113 Å². The first-order valence-corrected chi connectivity index (χ1v) is 14.4. The number of amides is 3. The standard InChI is InChI=1S/C34H27FN4O4S/c1-22-20-30(39-43-22)38-34(42)31(24-8-4-2-5-9-24)44-28-18-16-27(17-19-28)36-33(41)29(21-23-12-14-26(35)15-13-23)37-32(40)25-10-6-3-7-11-25/h2-21,31H,1H3,(H,36,41)(H,37,40)(H,38,39,42)/b29-21-. The highest BCUT2D eigenvalue weighted by molar-refractivity contribution is 8.00. The van der Waals surface area contributed by atoms with Gasteiger partial charge in [-0.15, -0.1) is 11.8 Å². The monoisotopic (exact) mass is 606 g/mol. The van der Waals surface area contributed by atoms with Crippen LogP contribution in [0.2, 0.25) is 0 Å². The molecule has 0 saturated carbocycles. The van der Waals surface area contributed by atoms with Crippen LogP contribution in [0.1, 0.15) is 32.5 Å². The molecule has 10 heteroatoms. The zero-order valence-electron chi connectivity index (χ0n) is 23.5. The van der Waals surface area contributed by atoms with Crippen LogP contribution in [0.15, 0.2) is 130 Å². The van der Waals surface area contributed by atoms with E-state index in [9.17, 15) is 18.8 Å². The van der Waals surface area contributed by atoms with Crippen LogP contribution in [-0.2, 0) is 9.59 Å². The fraction of sp³-hybridized carbons (Fsp3) is 0.0588. The van der Waals surface area contributed by atoms with Crippen LogP contribution in [-0.4, -0.2) is 22.9 Å². The molecule has 0 fully saturated rings. The average Bonchev–Trinajstić information content (AvgIpc) is 3.46. The number of hydrogen-bond donors (Lipinski definition) is 3. The Morgan fingerprint density at radius 1 is 0.841 bits per heavy atom. The first-order chi connectivity index (χ1) is 21.3. The summed E-state index contributed by atoms with van der Waals surface area (Å²) in [6.45, 7) is 1.74. The van der Waals surface area contributed by atoms with Crippen LogP contribution in [0.25, 0.3) is 6.08 Å². The average molecular weight is 607 g/mol. The zero-order valence-corrected chi connectivity index (χ0v) is 24.3. The molecule has 5 aromatic rings. The van der Waals surface area contributed by atoms with Crippen molar-refractivity contribution in [2.75, 3.05) is 10.6 Å². The lowest BCUT2D eigenvalue weighted by Gasteiger charge is -2.16. The van der Waals surface area contributed by atoms with Crippen molar-refractivity contribution in [3.05, 3.63) is 149 Å². The number of hydrogen-bond acceptors (Lipinski definition) is 6. The molecule has 4 aromatic carbocycles. The lowest BCUT2D eigenvalue weighted by molar-refractivity contribution is -0.116. The van der Waals surface area contributed by atoms with E-state index in [0.29, 0.717) is 28.4 Å². The van der Waals surface area contributed by atoms with Crippen molar-refractivity contribution in [1.29, 1.82) is 0 Å². The molecule has 1 aromatic heterocycles. The van der Waals surface area contributed by atoms with Gasteiger partial charge in [0.2, 0.25) is 5.91 Å². The molecule has 220 valence electrons. The summed E-state index contributed by atoms with van der Waals surface area (Å²) >= 11 is 1.34. The molecule has 3 amide bonds. The predicted octanol–water partition coefficient (Wildman–Crippen LogP) is 7.00. The molecule has 0 spiro atoms. The Bertz CT molecular complexity index is 1770. The van der Waals surface area contributed by atoms with E-state index in [-0.39, 0.29) is 11.6 Å². The maximum atomic E-state index is 13.5. The van der Waals surface area contributed by atoms with Crippen molar-refractivity contribution in [2.24, 2.45) is 0 Å². The Morgan fingerprint density at radius 2 is 1.50 bits per heavy atom. The smallest absolute Gasteiger partial charge is 0.272 e. The summed E-state index contributed by atoms with van der Waals surface area (Å²) in [7, 11) is 0. The molecule has 1 unspecified atom stereocenters. The Kier molecular flexibility index (Phi) is 9.63. The number of carbonyl (C=O) groups is 3. The third kappa shape index (κ3) is 8.08. The van der Waals surface area contributed by atoms with E-state index in [1.807, 2.05) is 30.3 Å². The van der Waals surface area contributed by atoms with Gasteiger partial charge in [0.15, 0.2) is 5.82 Å². The van der Waals surface area contributed by atoms with Gasteiger partial charge in [-0.25, -0.2) is 4.39 Å². The molecule has 0 aliphatic carbocycles. The molecule has 0 aliphatic heterocycles. The van der Waals surface area contributed by atoms with Gasteiger partial charge in [0.25, 0.3) is 11.8 Å². The summed E-state index contributed by atoms with van der Waals surface area (Å²) in [5, 5.41) is 11.5. The summed E-state index contributed by atoms with van der Waals surface area (Å²) in [6, 6.07) is 32.0. The van der Waals surface area contributed by atoms with Gasteiger partial charge in [-0.3, -0.25) is 14.4 Å². The number of nitrogens with one attached hydrogen (secondary N) is 3. The Morgan fingerprint density at radius 3 is 2.14 bits per heavy atom. The van der Waals surface area contributed by atoms with Crippen LogP contribution < -0.4 is 16.0 Å². The number of carbonyl (C=O) groups excluding carboxylic acids is 3. The number of thioether (sulfide) groups is 1. The Hall–Kier alpha value is -5.48. The van der Waals surface area contributed by atoms with Crippen LogP contribution in [0.3, 0.4) is 0 Å². The van der Waals surface area contributed by atoms with Gasteiger partial charge in [0.1, 0.15) is 22.5 Å². The van der Waals surface area contributed by atoms with Crippen molar-refractivity contribution in [3.63, 3.8) is 0 Å². The summed E-state index contributed by atoms with van der Waals surface area (Å²) < 4.78 is 18.5. The third-order valence-corrected chi connectivity index (χ3v) is 7.56. The van der Waals surface area contributed by atoms with E-state index in [1.165, 1.54) is 42.1 Å². The summed E-state index contributed by atoms with van der Waals surface area (Å²) in [5.74, 6) is -0.806. The lowest BCUT2D eigenvalue weighted by atomic mass is 10.1. The van der Waals surface area contributed by atoms with Gasteiger partial charge in [0.05, 0.1) is 0 Å². The minimum Gasteiger partial charge on any atom is -0.360 e. The number of aromatic nitrogens is 1. The highest BCUT2D eigenvalue weighted by Crippen LogP contribution is 2.36. The molecule has 0 bridgehead atoms. The summed E-state index contributed by atoms with van der Waals surface area (Å²) in [4.78, 5) is 40.2. The highest BCUT2D eigenvalue weighted by Gasteiger charge is 2.23. The Balaban J connectivity index is 1.32. The quantitative estimate of drug-likeness (QED) is 0.117. The maximum Gasteiger partial charge on any atom is 0.272 e. The third-order valence-electron chi connectivity index (χ3n) is 6.30. The minimum atomic E-state index is -0.591. The molecule has 1 heterocycles. The molecular formula is C34H27FN4O4S. The molecule has 0 saturated heterocycles. The lowest BCUT2D eigenvalue weighted by Crippen LogP contribution is -2.30. The van der Waals surface area contributed by atoms with Gasteiger partial charge in [-0.1, -0.05) is 65.8 Å². The molecule has 0 radical (unpaired) electrons. The second-order valence-electron chi connectivity index (χ2n) is 9.63. The number of halogens is 1. The molecule has 8 nitrogen and oxygen atoms in total. The van der Waals surface area contributed by atoms with Crippen LogP contribution >= 0.6 is 11.8 Å². The van der Waals surface area contributed by atoms with Crippen LogP contribution in [0.4, 0.5) is 15.9 Å². The van der Waals surface area contributed by atoms with Crippen molar-refractivity contribution < 1.29 is 23.3 Å². The van der Waals surface area contributed by atoms with E-state index >= 15 is 0 Å². The number of nitrogens with zero attached hydrogens (tertiary/aromatic N) is 1. The molecule has 5 rings (SSSR count). The summed E-state index contributed by atoms with van der Waals surface area (Å²) in [6.07, 6.45) is 1.47. The predicted molar refractivity (Wildman–Crippen MR) is 168 cm³/mol. The van der Waals surface area contributed by atoms with E-state index in [4.69, 9.17) is 4.52 Å². The number of rotatable bonds is 10. The second-order valence-corrected chi connectivity index (χ2v) is 10.8. The van der Waals surface area contributed by atoms with Crippen LogP contribution in [0.5, 0.6) is 0 Å². The fourth-order valence-electron chi connectivity index (χ4n) is 4.14. The van der Waals surface area contributed by atoms with Crippen LogP contribution in [0, 0.1) is 12.7 Å². The second kappa shape index (κ2) is 14.1. The normalized spacial score (nSPS) is 11.8. The van der Waals surface area contributed by atoms with E-state index in [2.05, 4.69) is 21.1 Å². The fourth-order valence-corrected chi connectivity index (χ4v) is 5.16. The van der Waals surface area contributed by atoms with E-state index in [1.54, 1.807) is 67.6 Å². The van der Waals surface area contributed by atoms with Gasteiger partial charge < -0.3 is 20.5 Å². The molecule has 0 aliphatic rings. The van der Waals surface area contributed by atoms with Crippen molar-refractivity contribution >= 4 is 47.1 Å². The molecule has 44 heavy (non-hydrogen) atoms. The van der Waals surface area contributed by atoms with Crippen molar-refractivity contribution in [1.82, 2.24) is 10.5 Å². The first kappa shape index (κ1) is 30.0. The number of anilines is 2. The van der Waals surface area contributed by atoms with Gasteiger partial charge in [-0.05, 0) is 72.7 Å². The maximum absolute atomic E-state index is 13.5. The number of benzene rings is 4. The minimum absolute atomic E-state index is 0.0205. The first-order valence-electron chi connectivity index (χ1n) is 13.5. The molecule has 1 atom stereocenters. The van der Waals surface area contributed by atoms with Crippen molar-refractivity contribution in [3.8, 4) is 0 Å². The highest BCUT2D eigenvalue weighted by atomic mass is 32.2. The summed E-state index contributed by atoms with van der Waals surface area (Å²) in [5.41, 5.74) is 2.16. The largest absolute Gasteiger partial charge is 0.360 e. The van der Waals surface area contributed by atoms with Crippen molar-refractivity contribution in [2.45, 2.75) is 17.1 Å². The zero-order chi connectivity index (χ0) is 30.9. The molecule has 3 N–H and O–H groups in total. The van der Waals surface area contributed by atoms with Gasteiger partial charge in [-0.2, -0.15) is 0 Å². The molecular weight excluding hydrogens is 579 g/mol. The SMILES string of the molecule is Cc1cc(NC(=O)C(Sc2ccc(NC(=O)/C(=C/c3ccc(F)cc3)NC(=O)c3ccccc3)cc2)c2ccccc2)no1. The van der Waals surface area contributed by atoms with Gasteiger partial charge >= 0.3 is 0 Å². The Labute approximate surface area is 257 Å². The number of aryl methyl sites for hydroxylation is 1. The van der Waals surface area contributed by atoms with E-state index < -0.39 is 22.9 Å².